The van der Waals surface area contributed by atoms with Crippen molar-refractivity contribution in [2.24, 2.45) is 5.92 Å². The molecular weight excluding hydrogens is 608 g/mol. The van der Waals surface area contributed by atoms with E-state index in [0.29, 0.717) is 22.3 Å². The maximum absolute atomic E-state index is 13.5. The molecule has 1 aliphatic rings. The zero-order valence-electron chi connectivity index (χ0n) is 26.0. The third-order valence-electron chi connectivity index (χ3n) is 8.00. The first-order valence-corrected chi connectivity index (χ1v) is 16.6. The van der Waals surface area contributed by atoms with Gasteiger partial charge in [-0.3, -0.25) is 0 Å². The highest BCUT2D eigenvalue weighted by molar-refractivity contribution is 7.91. The molecular formula is C36H40O9S. The average Bonchev–Trinajstić information content (AvgIpc) is 3.37. The van der Waals surface area contributed by atoms with Gasteiger partial charge < -0.3 is 24.1 Å². The number of esters is 2. The SMILES string of the molecule is C=C(C)C(=C)C(O)C[C@@H]1O[C@H](CC(COC(=O)c2ccccc2)OC(=O)c2ccccc2)[C@H](OC)[C@H]1CS(=O)(=O)c1ccccc1. The molecule has 0 aliphatic carbocycles. The molecule has 244 valence electrons. The van der Waals surface area contributed by atoms with Gasteiger partial charge in [-0.1, -0.05) is 73.3 Å². The van der Waals surface area contributed by atoms with Gasteiger partial charge in [-0.25, -0.2) is 18.0 Å². The molecule has 4 rings (SSSR count). The molecule has 10 heteroatoms. The van der Waals surface area contributed by atoms with E-state index in [1.54, 1.807) is 85.8 Å². The number of carbonyl (C=O) groups is 2. The van der Waals surface area contributed by atoms with Gasteiger partial charge in [0.2, 0.25) is 0 Å². The molecule has 1 aliphatic heterocycles. The van der Waals surface area contributed by atoms with Crippen molar-refractivity contribution in [2.75, 3.05) is 19.5 Å². The number of sulfone groups is 1. The van der Waals surface area contributed by atoms with Crippen LogP contribution in [-0.4, -0.2) is 75.5 Å². The number of rotatable bonds is 15. The summed E-state index contributed by atoms with van der Waals surface area (Å²) in [7, 11) is -2.33. The number of carbonyl (C=O) groups excluding carboxylic acids is 2. The van der Waals surface area contributed by atoms with Crippen LogP contribution in [0.3, 0.4) is 0 Å². The molecule has 0 aromatic heterocycles. The van der Waals surface area contributed by atoms with Gasteiger partial charge in [-0.2, -0.15) is 0 Å². The monoisotopic (exact) mass is 648 g/mol. The Labute approximate surface area is 270 Å². The number of hydrogen-bond acceptors (Lipinski definition) is 9. The molecule has 1 heterocycles. The van der Waals surface area contributed by atoms with Crippen molar-refractivity contribution in [3.05, 3.63) is 126 Å². The second-order valence-corrected chi connectivity index (χ2v) is 13.4. The lowest BCUT2D eigenvalue weighted by Crippen LogP contribution is -2.38. The van der Waals surface area contributed by atoms with Crippen molar-refractivity contribution < 1.29 is 42.1 Å². The predicted molar refractivity (Wildman–Crippen MR) is 173 cm³/mol. The molecule has 46 heavy (non-hydrogen) atoms. The average molecular weight is 649 g/mol. The Morgan fingerprint density at radius 2 is 1.39 bits per heavy atom. The number of benzene rings is 3. The van der Waals surface area contributed by atoms with Crippen molar-refractivity contribution in [3.63, 3.8) is 0 Å². The van der Waals surface area contributed by atoms with Gasteiger partial charge in [0.25, 0.3) is 0 Å². The van der Waals surface area contributed by atoms with Crippen LogP contribution < -0.4 is 0 Å². The first-order valence-electron chi connectivity index (χ1n) is 15.0. The fourth-order valence-corrected chi connectivity index (χ4v) is 7.17. The second kappa shape index (κ2) is 16.0. The lowest BCUT2D eigenvalue weighted by Gasteiger charge is -2.26. The Kier molecular flexibility index (Phi) is 12.1. The van der Waals surface area contributed by atoms with E-state index in [9.17, 15) is 23.1 Å². The Bertz CT molecular complexity index is 1590. The van der Waals surface area contributed by atoms with Gasteiger partial charge in [0, 0.05) is 25.9 Å². The fraction of sp³-hybridized carbons (Fsp3) is 0.333. The third kappa shape index (κ3) is 9.01. The summed E-state index contributed by atoms with van der Waals surface area (Å²) in [5, 5.41) is 10.9. The molecule has 0 radical (unpaired) electrons. The van der Waals surface area contributed by atoms with Crippen LogP contribution >= 0.6 is 0 Å². The van der Waals surface area contributed by atoms with E-state index in [1.165, 1.54) is 19.2 Å². The summed E-state index contributed by atoms with van der Waals surface area (Å²) >= 11 is 0. The van der Waals surface area contributed by atoms with E-state index < -0.39 is 58.2 Å². The van der Waals surface area contributed by atoms with Crippen LogP contribution in [-0.2, 0) is 28.8 Å². The van der Waals surface area contributed by atoms with E-state index in [-0.39, 0.29) is 30.1 Å². The molecule has 1 saturated heterocycles. The van der Waals surface area contributed by atoms with Crippen LogP contribution in [0.2, 0.25) is 0 Å². The molecule has 3 aromatic rings. The Hall–Kier alpha value is -4.09. The quantitative estimate of drug-likeness (QED) is 0.175. The maximum Gasteiger partial charge on any atom is 0.338 e. The van der Waals surface area contributed by atoms with Crippen LogP contribution in [0.1, 0.15) is 40.5 Å². The van der Waals surface area contributed by atoms with Gasteiger partial charge in [0.15, 0.2) is 9.84 Å². The highest BCUT2D eigenvalue weighted by atomic mass is 32.2. The topological polar surface area (TPSA) is 125 Å². The van der Waals surface area contributed by atoms with Crippen LogP contribution in [0.25, 0.3) is 0 Å². The second-order valence-electron chi connectivity index (χ2n) is 11.3. The number of methoxy groups -OCH3 is 1. The summed E-state index contributed by atoms with van der Waals surface area (Å²) in [6, 6.07) is 24.9. The first-order chi connectivity index (χ1) is 22.0. The van der Waals surface area contributed by atoms with Crippen LogP contribution in [0, 0.1) is 5.92 Å². The molecule has 0 spiro atoms. The minimum Gasteiger partial charge on any atom is -0.458 e. The molecule has 9 nitrogen and oxygen atoms in total. The lowest BCUT2D eigenvalue weighted by atomic mass is 9.90. The highest BCUT2D eigenvalue weighted by Crippen LogP contribution is 2.37. The Balaban J connectivity index is 1.60. The summed E-state index contributed by atoms with van der Waals surface area (Å²) < 4.78 is 50.7. The smallest absolute Gasteiger partial charge is 0.338 e. The van der Waals surface area contributed by atoms with Crippen molar-refractivity contribution in [3.8, 4) is 0 Å². The normalized spacial score (nSPS) is 20.8. The summed E-state index contributed by atoms with van der Waals surface area (Å²) in [6.45, 7) is 9.21. The first kappa shape index (κ1) is 34.8. The van der Waals surface area contributed by atoms with Crippen LogP contribution in [0.5, 0.6) is 0 Å². The van der Waals surface area contributed by atoms with Crippen molar-refractivity contribution in [2.45, 2.75) is 55.2 Å². The zero-order chi connectivity index (χ0) is 33.3. The summed E-state index contributed by atoms with van der Waals surface area (Å²) in [5.74, 6) is -2.24. The number of aliphatic hydroxyl groups excluding tert-OH is 1. The highest BCUT2D eigenvalue weighted by Gasteiger charge is 2.48. The summed E-state index contributed by atoms with van der Waals surface area (Å²) in [5.41, 5.74) is 1.64. The van der Waals surface area contributed by atoms with Crippen molar-refractivity contribution >= 4 is 21.8 Å². The minimum absolute atomic E-state index is 0.0229. The van der Waals surface area contributed by atoms with Crippen molar-refractivity contribution in [1.29, 1.82) is 0 Å². The predicted octanol–water partition coefficient (Wildman–Crippen LogP) is 5.21. The molecule has 0 amide bonds. The Morgan fingerprint density at radius 3 is 1.93 bits per heavy atom. The molecule has 0 bridgehead atoms. The molecule has 2 unspecified atom stereocenters. The number of ether oxygens (including phenoxy) is 4. The molecule has 6 atom stereocenters. The maximum atomic E-state index is 13.5. The zero-order valence-corrected chi connectivity index (χ0v) is 26.8. The molecule has 0 saturated carbocycles. The van der Waals surface area contributed by atoms with Crippen LogP contribution in [0.4, 0.5) is 0 Å². The van der Waals surface area contributed by atoms with Crippen molar-refractivity contribution in [1.82, 2.24) is 0 Å². The standard InChI is InChI=1S/C36H40O9S/c1-24(2)25(3)31(37)21-32-30(23-46(40,41)29-18-12-7-13-19-29)34(42-4)33(45-32)20-28(44-36(39)27-16-10-6-11-17-27)22-43-35(38)26-14-8-5-9-15-26/h5-19,28,30-34,37H,1,3,20-23H2,2,4H3/t28?,30-,31?,32-,33+,34+/m0/s1. The number of hydrogen-bond donors (Lipinski definition) is 1. The lowest BCUT2D eigenvalue weighted by molar-refractivity contribution is -0.0560. The fourth-order valence-electron chi connectivity index (χ4n) is 5.49. The van der Waals surface area contributed by atoms with E-state index >= 15 is 0 Å². The largest absolute Gasteiger partial charge is 0.458 e. The molecule has 1 fully saturated rings. The van der Waals surface area contributed by atoms with E-state index in [0.717, 1.165) is 0 Å². The van der Waals surface area contributed by atoms with Gasteiger partial charge >= 0.3 is 11.9 Å². The molecule has 3 aromatic carbocycles. The van der Waals surface area contributed by atoms with E-state index in [1.807, 2.05) is 0 Å². The van der Waals surface area contributed by atoms with Crippen LogP contribution in [0.15, 0.2) is 120 Å². The number of aliphatic hydroxyl groups is 1. The third-order valence-corrected chi connectivity index (χ3v) is 9.81. The molecule has 1 N–H and O–H groups in total. The van der Waals surface area contributed by atoms with E-state index in [4.69, 9.17) is 18.9 Å². The minimum atomic E-state index is -3.79. The van der Waals surface area contributed by atoms with Gasteiger partial charge in [-0.05, 0) is 48.9 Å². The summed E-state index contributed by atoms with van der Waals surface area (Å²) in [6.07, 6.45) is -4.26. The van der Waals surface area contributed by atoms with Gasteiger partial charge in [-0.15, -0.1) is 0 Å². The Morgan fingerprint density at radius 1 is 0.848 bits per heavy atom. The van der Waals surface area contributed by atoms with Gasteiger partial charge in [0.05, 0.1) is 46.2 Å². The van der Waals surface area contributed by atoms with E-state index in [2.05, 4.69) is 13.2 Å². The van der Waals surface area contributed by atoms with Gasteiger partial charge in [0.1, 0.15) is 12.7 Å². The summed E-state index contributed by atoms with van der Waals surface area (Å²) in [4.78, 5) is 26.0.